The van der Waals surface area contributed by atoms with E-state index in [4.69, 9.17) is 17.0 Å². The number of halogens is 1. The highest BCUT2D eigenvalue weighted by Gasteiger charge is 2.12. The molecule has 0 spiro atoms. The molecule has 9 heteroatoms. The van der Waals surface area contributed by atoms with Crippen molar-refractivity contribution in [1.82, 2.24) is 15.5 Å². The second kappa shape index (κ2) is 13.9. The molecule has 2 amide bonds. The van der Waals surface area contributed by atoms with E-state index in [2.05, 4.69) is 50.6 Å². The fourth-order valence-corrected chi connectivity index (χ4v) is 3.69. The summed E-state index contributed by atoms with van der Waals surface area (Å²) in [6, 6.07) is 12.0. The van der Waals surface area contributed by atoms with Gasteiger partial charge in [0.05, 0.1) is 11.1 Å². The van der Waals surface area contributed by atoms with E-state index in [1.807, 2.05) is 6.92 Å². The normalized spacial score (nSPS) is 10.6. The quantitative estimate of drug-likeness (QED) is 0.370. The molecule has 0 aliphatic rings. The molecule has 2 aromatic rings. The van der Waals surface area contributed by atoms with Crippen LogP contribution >= 0.6 is 28.1 Å². The summed E-state index contributed by atoms with van der Waals surface area (Å²) in [5.41, 5.74) is 1.68. The van der Waals surface area contributed by atoms with Gasteiger partial charge >= 0.3 is 0 Å². The maximum absolute atomic E-state index is 12.5. The number of hydrogen-bond donors (Lipinski definition) is 3. The Morgan fingerprint density at radius 2 is 1.67 bits per heavy atom. The minimum atomic E-state index is -0.334. The summed E-state index contributed by atoms with van der Waals surface area (Å²) in [5.74, 6) is 0.229. The van der Waals surface area contributed by atoms with Crippen molar-refractivity contribution in [2.75, 3.05) is 38.1 Å². The van der Waals surface area contributed by atoms with Crippen LogP contribution in [0.1, 0.15) is 47.9 Å². The summed E-state index contributed by atoms with van der Waals surface area (Å²) in [5, 5.41) is 8.71. The fraction of sp³-hybridized carbons (Fsp3) is 0.375. The van der Waals surface area contributed by atoms with Gasteiger partial charge in [-0.3, -0.25) is 14.9 Å². The van der Waals surface area contributed by atoms with Gasteiger partial charge in [-0.05, 0) is 90.1 Å². The lowest BCUT2D eigenvalue weighted by Crippen LogP contribution is -2.35. The van der Waals surface area contributed by atoms with Gasteiger partial charge in [0.25, 0.3) is 11.8 Å². The number of hydrogen-bond acceptors (Lipinski definition) is 5. The molecule has 0 bridgehead atoms. The van der Waals surface area contributed by atoms with Gasteiger partial charge in [0.1, 0.15) is 5.75 Å². The van der Waals surface area contributed by atoms with E-state index >= 15 is 0 Å². The van der Waals surface area contributed by atoms with Crippen LogP contribution in [0, 0.1) is 0 Å². The third-order valence-corrected chi connectivity index (χ3v) is 5.72. The van der Waals surface area contributed by atoms with E-state index in [9.17, 15) is 9.59 Å². The molecule has 33 heavy (non-hydrogen) atoms. The molecule has 0 aliphatic carbocycles. The summed E-state index contributed by atoms with van der Waals surface area (Å²) < 4.78 is 6.30. The van der Waals surface area contributed by atoms with Crippen molar-refractivity contribution in [2.45, 2.75) is 27.2 Å². The van der Waals surface area contributed by atoms with Gasteiger partial charge in [0.15, 0.2) is 5.11 Å². The minimum Gasteiger partial charge on any atom is -0.492 e. The first-order chi connectivity index (χ1) is 15.9. The number of ether oxygens (including phenoxy) is 1. The van der Waals surface area contributed by atoms with Crippen LogP contribution in [-0.2, 0) is 0 Å². The van der Waals surface area contributed by atoms with E-state index in [1.54, 1.807) is 42.5 Å². The van der Waals surface area contributed by atoms with Gasteiger partial charge in [-0.15, -0.1) is 0 Å². The second-order valence-corrected chi connectivity index (χ2v) is 8.52. The maximum atomic E-state index is 12.5. The zero-order valence-electron chi connectivity index (χ0n) is 19.2. The number of nitrogens with one attached hydrogen (secondary N) is 3. The van der Waals surface area contributed by atoms with Gasteiger partial charge in [0, 0.05) is 29.9 Å². The van der Waals surface area contributed by atoms with Gasteiger partial charge in [-0.1, -0.05) is 20.8 Å². The summed E-state index contributed by atoms with van der Waals surface area (Å²) in [4.78, 5) is 27.1. The number of amides is 2. The predicted molar refractivity (Wildman–Crippen MR) is 140 cm³/mol. The zero-order chi connectivity index (χ0) is 24.2. The van der Waals surface area contributed by atoms with Crippen molar-refractivity contribution in [1.29, 1.82) is 0 Å². The first-order valence-electron chi connectivity index (χ1n) is 11.0. The van der Waals surface area contributed by atoms with E-state index in [0.29, 0.717) is 40.2 Å². The molecule has 0 saturated carbocycles. The smallest absolute Gasteiger partial charge is 0.257 e. The number of rotatable bonds is 11. The zero-order valence-corrected chi connectivity index (χ0v) is 21.6. The number of carbonyl (C=O) groups excluding carboxylic acids is 2. The molecule has 3 N–H and O–H groups in total. The monoisotopic (exact) mass is 534 g/mol. The number of likely N-dealkylation sites (N-methyl/N-ethyl adjacent to an activating group) is 1. The molecule has 2 aromatic carbocycles. The van der Waals surface area contributed by atoms with Crippen LogP contribution in [0.15, 0.2) is 46.9 Å². The van der Waals surface area contributed by atoms with Crippen LogP contribution in [0.25, 0.3) is 0 Å². The van der Waals surface area contributed by atoms with Gasteiger partial charge in [-0.25, -0.2) is 0 Å². The van der Waals surface area contributed by atoms with E-state index < -0.39 is 0 Å². The standard InChI is InChI=1S/C24H31BrN4O3S/c1-4-15-32-21-12-9-18(16-20(21)25)23(31)28-24(33)27-19-10-7-17(8-11-19)22(30)26-13-14-29(5-2)6-3/h7-12,16H,4-6,13-15H2,1-3H3,(H,26,30)(H2,27,28,31,33). The third kappa shape index (κ3) is 8.75. The molecule has 0 saturated heterocycles. The highest BCUT2D eigenvalue weighted by atomic mass is 79.9. The number of thiocarbonyl (C=S) groups is 1. The average Bonchev–Trinajstić information content (AvgIpc) is 2.81. The Morgan fingerprint density at radius 1 is 1.00 bits per heavy atom. The SMILES string of the molecule is CCCOc1ccc(C(=O)NC(=S)Nc2ccc(C(=O)NCCN(CC)CC)cc2)cc1Br. The molecule has 0 atom stereocenters. The van der Waals surface area contributed by atoms with Crippen LogP contribution in [0.4, 0.5) is 5.69 Å². The van der Waals surface area contributed by atoms with Crippen LogP contribution in [0.5, 0.6) is 5.75 Å². The Kier molecular flexibility index (Phi) is 11.3. The van der Waals surface area contributed by atoms with Gasteiger partial charge in [-0.2, -0.15) is 0 Å². The number of carbonyl (C=O) groups is 2. The van der Waals surface area contributed by atoms with Crippen LogP contribution in [0.3, 0.4) is 0 Å². The highest BCUT2D eigenvalue weighted by Crippen LogP contribution is 2.26. The molecule has 0 heterocycles. The van der Waals surface area contributed by atoms with Crippen molar-refractivity contribution < 1.29 is 14.3 Å². The summed E-state index contributed by atoms with van der Waals surface area (Å²) >= 11 is 8.68. The molecule has 7 nitrogen and oxygen atoms in total. The molecule has 2 rings (SSSR count). The molecule has 0 aliphatic heterocycles. The van der Waals surface area contributed by atoms with E-state index in [-0.39, 0.29) is 16.9 Å². The molecular formula is C24H31BrN4O3S. The van der Waals surface area contributed by atoms with Crippen molar-refractivity contribution in [2.24, 2.45) is 0 Å². The molecule has 0 fully saturated rings. The van der Waals surface area contributed by atoms with E-state index in [1.165, 1.54) is 0 Å². The third-order valence-electron chi connectivity index (χ3n) is 4.90. The highest BCUT2D eigenvalue weighted by molar-refractivity contribution is 9.10. The lowest BCUT2D eigenvalue weighted by molar-refractivity contribution is 0.0947. The van der Waals surface area contributed by atoms with E-state index in [0.717, 1.165) is 26.1 Å². The first kappa shape index (κ1) is 26.8. The Labute approximate surface area is 209 Å². The largest absolute Gasteiger partial charge is 0.492 e. The van der Waals surface area contributed by atoms with Crippen LogP contribution < -0.4 is 20.7 Å². The predicted octanol–water partition coefficient (Wildman–Crippen LogP) is 4.44. The fourth-order valence-electron chi connectivity index (χ4n) is 2.98. The Morgan fingerprint density at radius 3 is 2.27 bits per heavy atom. The number of benzene rings is 2. The molecular weight excluding hydrogens is 504 g/mol. The Balaban J connectivity index is 1.85. The molecule has 0 radical (unpaired) electrons. The van der Waals surface area contributed by atoms with Crippen LogP contribution in [0.2, 0.25) is 0 Å². The topological polar surface area (TPSA) is 82.7 Å². The second-order valence-electron chi connectivity index (χ2n) is 7.26. The Hall–Kier alpha value is -2.49. The summed E-state index contributed by atoms with van der Waals surface area (Å²) in [7, 11) is 0. The molecule has 0 unspecified atom stereocenters. The number of anilines is 1. The van der Waals surface area contributed by atoms with Gasteiger partial charge in [0.2, 0.25) is 0 Å². The van der Waals surface area contributed by atoms with Crippen molar-refractivity contribution >= 4 is 50.8 Å². The van der Waals surface area contributed by atoms with Crippen molar-refractivity contribution in [3.8, 4) is 5.75 Å². The molecule has 0 aromatic heterocycles. The van der Waals surface area contributed by atoms with Gasteiger partial charge < -0.3 is 20.3 Å². The minimum absolute atomic E-state index is 0.124. The number of nitrogens with zero attached hydrogens (tertiary/aromatic N) is 1. The lowest BCUT2D eigenvalue weighted by atomic mass is 10.2. The van der Waals surface area contributed by atoms with Crippen LogP contribution in [-0.4, -0.2) is 54.6 Å². The van der Waals surface area contributed by atoms with Crippen molar-refractivity contribution in [3.05, 3.63) is 58.1 Å². The first-order valence-corrected chi connectivity index (χ1v) is 12.2. The summed E-state index contributed by atoms with van der Waals surface area (Å²) in [6.45, 7) is 10.2. The molecule has 178 valence electrons. The maximum Gasteiger partial charge on any atom is 0.257 e. The Bertz CT molecular complexity index is 949. The lowest BCUT2D eigenvalue weighted by Gasteiger charge is -2.18. The van der Waals surface area contributed by atoms with Crippen molar-refractivity contribution in [3.63, 3.8) is 0 Å². The average molecular weight is 536 g/mol. The summed E-state index contributed by atoms with van der Waals surface area (Å²) in [6.07, 6.45) is 0.900.